The van der Waals surface area contributed by atoms with Crippen LogP contribution in [0.4, 0.5) is 11.4 Å². The fourth-order valence-electron chi connectivity index (χ4n) is 3.19. The Morgan fingerprint density at radius 1 is 0.833 bits per heavy atom. The zero-order chi connectivity index (χ0) is 16.8. The molecule has 2 N–H and O–H groups in total. The molecule has 0 atom stereocenters. The highest BCUT2D eigenvalue weighted by Crippen LogP contribution is 2.36. The Labute approximate surface area is 144 Å². The van der Waals surface area contributed by atoms with Crippen molar-refractivity contribution in [3.8, 4) is 5.75 Å². The van der Waals surface area contributed by atoms with Gasteiger partial charge in [0.1, 0.15) is 5.75 Å². The standard InChI is InChI=1S/C22H25NO/c1-2-3-4-8-15-20-18-13-9-10-14-19(18)21(16-22(20)24)23-17-11-6-5-7-12-17/h5-7,9-14,16,23-24H,2-4,8,15H2,1H3. The molecule has 0 saturated heterocycles. The molecule has 0 bridgehead atoms. The van der Waals surface area contributed by atoms with E-state index in [1.54, 1.807) is 0 Å². The molecule has 124 valence electrons. The van der Waals surface area contributed by atoms with Crippen molar-refractivity contribution >= 4 is 22.1 Å². The van der Waals surface area contributed by atoms with Crippen molar-refractivity contribution in [1.82, 2.24) is 0 Å². The number of hydrogen-bond acceptors (Lipinski definition) is 2. The predicted octanol–water partition coefficient (Wildman–Crippen LogP) is 6.41. The molecular weight excluding hydrogens is 294 g/mol. The molecule has 0 aliphatic heterocycles. The molecule has 0 aromatic heterocycles. The molecular formula is C22H25NO. The van der Waals surface area contributed by atoms with E-state index in [0.717, 1.165) is 40.6 Å². The van der Waals surface area contributed by atoms with Crippen molar-refractivity contribution in [1.29, 1.82) is 0 Å². The number of aromatic hydroxyl groups is 1. The molecule has 3 aromatic carbocycles. The van der Waals surface area contributed by atoms with Gasteiger partial charge in [-0.05, 0) is 30.4 Å². The van der Waals surface area contributed by atoms with Crippen LogP contribution in [0.2, 0.25) is 0 Å². The summed E-state index contributed by atoms with van der Waals surface area (Å²) in [6.07, 6.45) is 5.75. The van der Waals surface area contributed by atoms with Crippen LogP contribution in [0.15, 0.2) is 60.7 Å². The van der Waals surface area contributed by atoms with Crippen molar-refractivity contribution in [3.63, 3.8) is 0 Å². The summed E-state index contributed by atoms with van der Waals surface area (Å²) < 4.78 is 0. The summed E-state index contributed by atoms with van der Waals surface area (Å²) >= 11 is 0. The first-order valence-electron chi connectivity index (χ1n) is 8.85. The van der Waals surface area contributed by atoms with Gasteiger partial charge in [0.25, 0.3) is 0 Å². The normalized spacial score (nSPS) is 10.9. The average molecular weight is 319 g/mol. The molecule has 0 amide bonds. The molecule has 2 heteroatoms. The molecule has 24 heavy (non-hydrogen) atoms. The molecule has 3 aromatic rings. The molecule has 0 saturated carbocycles. The van der Waals surface area contributed by atoms with E-state index >= 15 is 0 Å². The van der Waals surface area contributed by atoms with E-state index in [-0.39, 0.29) is 0 Å². The van der Waals surface area contributed by atoms with E-state index in [2.05, 4.69) is 30.4 Å². The third kappa shape index (κ3) is 3.70. The van der Waals surface area contributed by atoms with Crippen LogP contribution in [-0.4, -0.2) is 5.11 Å². The highest BCUT2D eigenvalue weighted by Gasteiger charge is 2.11. The minimum Gasteiger partial charge on any atom is -0.508 e. The third-order valence-electron chi connectivity index (χ3n) is 4.47. The second-order valence-corrected chi connectivity index (χ2v) is 6.27. The Bertz CT molecular complexity index is 796. The second-order valence-electron chi connectivity index (χ2n) is 6.27. The van der Waals surface area contributed by atoms with Crippen LogP contribution in [0.5, 0.6) is 5.75 Å². The van der Waals surface area contributed by atoms with Gasteiger partial charge in [0.15, 0.2) is 0 Å². The van der Waals surface area contributed by atoms with Gasteiger partial charge in [0.05, 0.1) is 5.69 Å². The van der Waals surface area contributed by atoms with E-state index in [1.165, 1.54) is 19.3 Å². The Morgan fingerprint density at radius 3 is 2.29 bits per heavy atom. The SMILES string of the molecule is CCCCCCc1c(O)cc(Nc2ccccc2)c2ccccc12. The summed E-state index contributed by atoms with van der Waals surface area (Å²) in [5.41, 5.74) is 3.05. The van der Waals surface area contributed by atoms with E-state index < -0.39 is 0 Å². The van der Waals surface area contributed by atoms with Crippen LogP contribution in [0.1, 0.15) is 38.2 Å². The Hall–Kier alpha value is -2.48. The molecule has 3 rings (SSSR count). The fourth-order valence-corrected chi connectivity index (χ4v) is 3.19. The number of unbranched alkanes of at least 4 members (excludes halogenated alkanes) is 3. The van der Waals surface area contributed by atoms with Crippen LogP contribution in [-0.2, 0) is 6.42 Å². The third-order valence-corrected chi connectivity index (χ3v) is 4.47. The maximum absolute atomic E-state index is 10.6. The summed E-state index contributed by atoms with van der Waals surface area (Å²) in [5.74, 6) is 0.392. The zero-order valence-electron chi connectivity index (χ0n) is 14.3. The molecule has 0 radical (unpaired) electrons. The smallest absolute Gasteiger partial charge is 0.121 e. The molecule has 0 spiro atoms. The number of phenols is 1. The molecule has 0 unspecified atom stereocenters. The van der Waals surface area contributed by atoms with Gasteiger partial charge in [-0.15, -0.1) is 0 Å². The average Bonchev–Trinajstić information content (AvgIpc) is 2.62. The van der Waals surface area contributed by atoms with Crippen LogP contribution in [0.3, 0.4) is 0 Å². The maximum Gasteiger partial charge on any atom is 0.121 e. The van der Waals surface area contributed by atoms with Gasteiger partial charge in [-0.2, -0.15) is 0 Å². The largest absolute Gasteiger partial charge is 0.508 e. The van der Waals surface area contributed by atoms with Crippen molar-refractivity contribution in [2.24, 2.45) is 0 Å². The lowest BCUT2D eigenvalue weighted by molar-refractivity contribution is 0.468. The van der Waals surface area contributed by atoms with Crippen LogP contribution >= 0.6 is 0 Å². The highest BCUT2D eigenvalue weighted by atomic mass is 16.3. The number of hydrogen-bond donors (Lipinski definition) is 2. The molecule has 0 aliphatic carbocycles. The maximum atomic E-state index is 10.6. The number of rotatable bonds is 7. The quantitative estimate of drug-likeness (QED) is 0.493. The van der Waals surface area contributed by atoms with Gasteiger partial charge in [-0.25, -0.2) is 0 Å². The minimum atomic E-state index is 0.392. The summed E-state index contributed by atoms with van der Waals surface area (Å²) in [4.78, 5) is 0. The van der Waals surface area contributed by atoms with Gasteiger partial charge in [0.2, 0.25) is 0 Å². The van der Waals surface area contributed by atoms with Gasteiger partial charge in [-0.1, -0.05) is 68.7 Å². The fraction of sp³-hybridized carbons (Fsp3) is 0.273. The van der Waals surface area contributed by atoms with E-state index in [4.69, 9.17) is 0 Å². The van der Waals surface area contributed by atoms with E-state index in [0.29, 0.717) is 5.75 Å². The lowest BCUT2D eigenvalue weighted by Gasteiger charge is -2.15. The topological polar surface area (TPSA) is 32.3 Å². The monoisotopic (exact) mass is 319 g/mol. The van der Waals surface area contributed by atoms with Crippen LogP contribution < -0.4 is 5.32 Å². The van der Waals surface area contributed by atoms with E-state index in [1.807, 2.05) is 42.5 Å². The number of para-hydroxylation sites is 1. The van der Waals surface area contributed by atoms with E-state index in [9.17, 15) is 5.11 Å². The first-order chi connectivity index (χ1) is 11.8. The van der Waals surface area contributed by atoms with Crippen molar-refractivity contribution in [2.75, 3.05) is 5.32 Å². The van der Waals surface area contributed by atoms with Gasteiger partial charge >= 0.3 is 0 Å². The van der Waals surface area contributed by atoms with Crippen LogP contribution in [0, 0.1) is 0 Å². The lowest BCUT2D eigenvalue weighted by atomic mass is 9.97. The van der Waals surface area contributed by atoms with Gasteiger partial charge < -0.3 is 10.4 Å². The second kappa shape index (κ2) is 7.87. The first-order valence-corrected chi connectivity index (χ1v) is 8.85. The van der Waals surface area contributed by atoms with Crippen molar-refractivity contribution < 1.29 is 5.11 Å². The molecule has 0 heterocycles. The number of fused-ring (bicyclic) bond motifs is 1. The van der Waals surface area contributed by atoms with Crippen molar-refractivity contribution in [3.05, 3.63) is 66.2 Å². The van der Waals surface area contributed by atoms with Crippen molar-refractivity contribution in [2.45, 2.75) is 39.0 Å². The first kappa shape index (κ1) is 16.4. The summed E-state index contributed by atoms with van der Waals surface area (Å²) in [6.45, 7) is 2.22. The molecule has 2 nitrogen and oxygen atoms in total. The predicted molar refractivity (Wildman–Crippen MR) is 103 cm³/mol. The lowest BCUT2D eigenvalue weighted by Crippen LogP contribution is -1.95. The Kier molecular flexibility index (Phi) is 5.37. The highest BCUT2D eigenvalue weighted by molar-refractivity contribution is 5.99. The van der Waals surface area contributed by atoms with Gasteiger partial charge in [0, 0.05) is 22.7 Å². The summed E-state index contributed by atoms with van der Waals surface area (Å²) in [6, 6.07) is 20.3. The Balaban J connectivity index is 1.94. The minimum absolute atomic E-state index is 0.392. The number of benzene rings is 3. The molecule has 0 aliphatic rings. The van der Waals surface area contributed by atoms with Gasteiger partial charge in [-0.3, -0.25) is 0 Å². The summed E-state index contributed by atoms with van der Waals surface area (Å²) in [5, 5.41) is 16.3. The number of phenolic OH excluding ortho intramolecular Hbond substituents is 1. The number of nitrogens with one attached hydrogen (secondary N) is 1. The number of aryl methyl sites for hydroxylation is 1. The van der Waals surface area contributed by atoms with Crippen LogP contribution in [0.25, 0.3) is 10.8 Å². The Morgan fingerprint density at radius 2 is 1.54 bits per heavy atom. The zero-order valence-corrected chi connectivity index (χ0v) is 14.3. The molecule has 0 fully saturated rings. The summed E-state index contributed by atoms with van der Waals surface area (Å²) in [7, 11) is 0. The number of anilines is 2.